The minimum atomic E-state index is -0.896. The van der Waals surface area contributed by atoms with Crippen molar-refractivity contribution < 1.29 is 13.9 Å². The highest BCUT2D eigenvalue weighted by molar-refractivity contribution is 6.03. The first-order chi connectivity index (χ1) is 8.08. The first-order valence-electron chi connectivity index (χ1n) is 5.75. The lowest BCUT2D eigenvalue weighted by Gasteiger charge is -2.22. The molecule has 2 rings (SSSR count). The van der Waals surface area contributed by atoms with Gasteiger partial charge in [-0.15, -0.1) is 0 Å². The number of carbonyl (C=O) groups excluding carboxylic acids is 1. The molecule has 1 saturated carbocycles. The maximum Gasteiger partial charge on any atom is 0.185 e. The topological polar surface area (TPSA) is 52.3 Å². The van der Waals surface area contributed by atoms with Crippen molar-refractivity contribution in [3.05, 3.63) is 29.6 Å². The van der Waals surface area contributed by atoms with Crippen molar-refractivity contribution in [1.29, 1.82) is 0 Å². The maximum atomic E-state index is 13.9. The number of Topliss-reactive ketones (excluding diaryl/α,β-unsaturated/α-hetero) is 1. The fraction of sp³-hybridized carbons (Fsp3) is 0.462. The summed E-state index contributed by atoms with van der Waals surface area (Å²) in [7, 11) is 1.38. The third-order valence-corrected chi connectivity index (χ3v) is 3.38. The molecule has 0 spiro atoms. The normalized spacial score (nSPS) is 18.1. The van der Waals surface area contributed by atoms with E-state index in [1.165, 1.54) is 19.2 Å². The molecule has 0 unspecified atom stereocenters. The van der Waals surface area contributed by atoms with E-state index < -0.39 is 11.4 Å². The standard InChI is InChI=1S/C13H16FNO2/c1-17-10-6-4-5-9(11(10)14)12(16)13(15)7-2-3-8-13/h4-6H,2-3,7-8,15H2,1H3. The van der Waals surface area contributed by atoms with Crippen molar-refractivity contribution in [3.63, 3.8) is 0 Å². The zero-order valence-electron chi connectivity index (χ0n) is 9.83. The van der Waals surface area contributed by atoms with Gasteiger partial charge in [-0.25, -0.2) is 4.39 Å². The van der Waals surface area contributed by atoms with E-state index in [0.717, 1.165) is 12.8 Å². The smallest absolute Gasteiger partial charge is 0.185 e. The monoisotopic (exact) mass is 237 g/mol. The van der Waals surface area contributed by atoms with E-state index >= 15 is 0 Å². The molecule has 1 aliphatic carbocycles. The van der Waals surface area contributed by atoms with Gasteiger partial charge in [0.05, 0.1) is 18.2 Å². The first-order valence-corrected chi connectivity index (χ1v) is 5.75. The zero-order valence-corrected chi connectivity index (χ0v) is 9.83. The van der Waals surface area contributed by atoms with Crippen LogP contribution in [0.25, 0.3) is 0 Å². The van der Waals surface area contributed by atoms with E-state index in [0.29, 0.717) is 12.8 Å². The molecule has 4 heteroatoms. The van der Waals surface area contributed by atoms with Gasteiger partial charge in [-0.1, -0.05) is 18.9 Å². The second-order valence-electron chi connectivity index (χ2n) is 4.51. The largest absolute Gasteiger partial charge is 0.494 e. The summed E-state index contributed by atoms with van der Waals surface area (Å²) < 4.78 is 18.8. The molecule has 1 fully saturated rings. The molecule has 0 radical (unpaired) electrons. The van der Waals surface area contributed by atoms with Crippen LogP contribution in [0.5, 0.6) is 5.75 Å². The Bertz CT molecular complexity index is 439. The van der Waals surface area contributed by atoms with Gasteiger partial charge in [0.25, 0.3) is 0 Å². The molecule has 0 atom stereocenters. The molecule has 1 aliphatic rings. The van der Waals surface area contributed by atoms with Gasteiger partial charge in [-0.3, -0.25) is 4.79 Å². The van der Waals surface area contributed by atoms with Crippen molar-refractivity contribution in [2.75, 3.05) is 7.11 Å². The summed E-state index contributed by atoms with van der Waals surface area (Å²) in [4.78, 5) is 12.2. The lowest BCUT2D eigenvalue weighted by atomic mass is 9.88. The van der Waals surface area contributed by atoms with Crippen LogP contribution in [-0.2, 0) is 0 Å². The van der Waals surface area contributed by atoms with E-state index in [2.05, 4.69) is 0 Å². The molecular formula is C13H16FNO2. The molecule has 92 valence electrons. The number of ether oxygens (including phenoxy) is 1. The fourth-order valence-corrected chi connectivity index (χ4v) is 2.34. The average molecular weight is 237 g/mol. The van der Waals surface area contributed by atoms with E-state index in [9.17, 15) is 9.18 Å². The third kappa shape index (κ3) is 2.05. The van der Waals surface area contributed by atoms with Gasteiger partial charge in [0.2, 0.25) is 0 Å². The van der Waals surface area contributed by atoms with Gasteiger partial charge in [-0.05, 0) is 25.0 Å². The van der Waals surface area contributed by atoms with Crippen molar-refractivity contribution in [2.45, 2.75) is 31.2 Å². The Hall–Kier alpha value is -1.42. The van der Waals surface area contributed by atoms with Gasteiger partial charge in [0.1, 0.15) is 0 Å². The summed E-state index contributed by atoms with van der Waals surface area (Å²) in [5, 5.41) is 0. The quantitative estimate of drug-likeness (QED) is 0.820. The number of nitrogens with two attached hydrogens (primary N) is 1. The number of halogens is 1. The van der Waals surface area contributed by atoms with Gasteiger partial charge in [0, 0.05) is 0 Å². The van der Waals surface area contributed by atoms with Crippen LogP contribution in [0, 0.1) is 5.82 Å². The average Bonchev–Trinajstić information content (AvgIpc) is 2.77. The maximum absolute atomic E-state index is 13.9. The lowest BCUT2D eigenvalue weighted by molar-refractivity contribution is 0.0887. The Morgan fingerprint density at radius 2 is 2.06 bits per heavy atom. The van der Waals surface area contributed by atoms with Crippen LogP contribution in [0.4, 0.5) is 4.39 Å². The minimum Gasteiger partial charge on any atom is -0.494 e. The highest BCUT2D eigenvalue weighted by atomic mass is 19.1. The molecule has 0 amide bonds. The molecule has 3 nitrogen and oxygen atoms in total. The van der Waals surface area contributed by atoms with Crippen LogP contribution >= 0.6 is 0 Å². The van der Waals surface area contributed by atoms with Gasteiger partial charge >= 0.3 is 0 Å². The number of carbonyl (C=O) groups is 1. The summed E-state index contributed by atoms with van der Waals surface area (Å²) in [5.74, 6) is -0.847. The van der Waals surface area contributed by atoms with Gasteiger partial charge < -0.3 is 10.5 Å². The van der Waals surface area contributed by atoms with E-state index in [1.54, 1.807) is 6.07 Å². The predicted molar refractivity (Wildman–Crippen MR) is 62.7 cm³/mol. The molecule has 0 aromatic heterocycles. The number of ketones is 1. The molecule has 1 aromatic rings. The second kappa shape index (κ2) is 4.45. The molecule has 1 aromatic carbocycles. The highest BCUT2D eigenvalue weighted by Crippen LogP contribution is 2.32. The Morgan fingerprint density at radius 1 is 1.41 bits per heavy atom. The second-order valence-corrected chi connectivity index (χ2v) is 4.51. The summed E-state index contributed by atoms with van der Waals surface area (Å²) in [6.45, 7) is 0. The van der Waals surface area contributed by atoms with Crippen molar-refractivity contribution in [1.82, 2.24) is 0 Å². The zero-order chi connectivity index (χ0) is 12.5. The summed E-state index contributed by atoms with van der Waals surface area (Å²) in [5.41, 5.74) is 5.18. The highest BCUT2D eigenvalue weighted by Gasteiger charge is 2.38. The van der Waals surface area contributed by atoms with Crippen molar-refractivity contribution in [2.24, 2.45) is 5.73 Å². The van der Waals surface area contributed by atoms with Crippen molar-refractivity contribution in [3.8, 4) is 5.75 Å². The summed E-state index contributed by atoms with van der Waals surface area (Å²) >= 11 is 0. The van der Waals surface area contributed by atoms with E-state index in [4.69, 9.17) is 10.5 Å². The number of methoxy groups -OCH3 is 1. The third-order valence-electron chi connectivity index (χ3n) is 3.38. The molecule has 0 aliphatic heterocycles. The number of rotatable bonds is 3. The summed E-state index contributed by atoms with van der Waals surface area (Å²) in [6, 6.07) is 4.56. The first kappa shape index (κ1) is 12.0. The number of hydrogen-bond acceptors (Lipinski definition) is 3. The molecule has 2 N–H and O–H groups in total. The van der Waals surface area contributed by atoms with Crippen molar-refractivity contribution >= 4 is 5.78 Å². The van der Waals surface area contributed by atoms with E-state index in [1.807, 2.05) is 0 Å². The number of benzene rings is 1. The van der Waals surface area contributed by atoms with Crippen LogP contribution in [0.3, 0.4) is 0 Å². The Balaban J connectivity index is 2.37. The van der Waals surface area contributed by atoms with Crippen LogP contribution in [0.15, 0.2) is 18.2 Å². The van der Waals surface area contributed by atoms with Crippen LogP contribution in [0.1, 0.15) is 36.0 Å². The summed E-state index contributed by atoms with van der Waals surface area (Å²) in [6.07, 6.45) is 3.10. The molecule has 0 saturated heterocycles. The molecular weight excluding hydrogens is 221 g/mol. The molecule has 0 heterocycles. The molecule has 17 heavy (non-hydrogen) atoms. The van der Waals surface area contributed by atoms with E-state index in [-0.39, 0.29) is 17.1 Å². The predicted octanol–water partition coefficient (Wildman–Crippen LogP) is 2.29. The number of hydrogen-bond donors (Lipinski definition) is 1. The minimum absolute atomic E-state index is 0.0359. The van der Waals surface area contributed by atoms with Gasteiger partial charge in [-0.2, -0.15) is 0 Å². The SMILES string of the molecule is COc1cccc(C(=O)C2(N)CCCC2)c1F. The fourth-order valence-electron chi connectivity index (χ4n) is 2.34. The lowest BCUT2D eigenvalue weighted by Crippen LogP contribution is -2.45. The Morgan fingerprint density at radius 3 is 2.65 bits per heavy atom. The molecule has 0 bridgehead atoms. The van der Waals surface area contributed by atoms with Crippen LogP contribution in [-0.4, -0.2) is 18.4 Å². The van der Waals surface area contributed by atoms with Crippen LogP contribution < -0.4 is 10.5 Å². The Kier molecular flexibility index (Phi) is 3.15. The Labute approximate surface area is 99.8 Å². The van der Waals surface area contributed by atoms with Crippen LogP contribution in [0.2, 0.25) is 0 Å². The van der Waals surface area contributed by atoms with Gasteiger partial charge in [0.15, 0.2) is 17.3 Å².